The molecule has 0 radical (unpaired) electrons. The first-order valence-corrected chi connectivity index (χ1v) is 6.45. The molecule has 0 fully saturated rings. The maximum absolute atomic E-state index is 12.2. The standard InChI is InChI=1S/C14H22N2O3/c1-4-19-12-7-5-6-11(15)13(12)14(18)16-9(2)8-10(3)17/h5-7,9-10,17H,4,8,15H2,1-3H3,(H,16,18). The molecule has 2 atom stereocenters. The normalized spacial score (nSPS) is 13.7. The molecule has 0 bridgehead atoms. The van der Waals surface area contributed by atoms with Crippen LogP contribution in [0.2, 0.25) is 0 Å². The van der Waals surface area contributed by atoms with Gasteiger partial charge in [-0.25, -0.2) is 0 Å². The Labute approximate surface area is 113 Å². The first-order chi connectivity index (χ1) is 8.95. The van der Waals surface area contributed by atoms with Gasteiger partial charge in [0.05, 0.1) is 12.7 Å². The SMILES string of the molecule is CCOc1cccc(N)c1C(=O)NC(C)CC(C)O. The van der Waals surface area contributed by atoms with E-state index in [-0.39, 0.29) is 11.9 Å². The van der Waals surface area contributed by atoms with E-state index in [1.165, 1.54) is 0 Å². The van der Waals surface area contributed by atoms with Crippen LogP contribution in [0, 0.1) is 0 Å². The van der Waals surface area contributed by atoms with Gasteiger partial charge in [-0.05, 0) is 39.3 Å². The maximum atomic E-state index is 12.2. The zero-order valence-corrected chi connectivity index (χ0v) is 11.6. The fourth-order valence-corrected chi connectivity index (χ4v) is 1.93. The Hall–Kier alpha value is -1.75. The van der Waals surface area contributed by atoms with Crippen molar-refractivity contribution in [2.75, 3.05) is 12.3 Å². The lowest BCUT2D eigenvalue weighted by molar-refractivity contribution is 0.0920. The molecule has 19 heavy (non-hydrogen) atoms. The molecule has 106 valence electrons. The Kier molecular flexibility index (Phi) is 5.63. The number of benzene rings is 1. The summed E-state index contributed by atoms with van der Waals surface area (Å²) < 4.78 is 5.41. The summed E-state index contributed by atoms with van der Waals surface area (Å²) in [4.78, 5) is 12.2. The summed E-state index contributed by atoms with van der Waals surface area (Å²) in [6.45, 7) is 5.84. The van der Waals surface area contributed by atoms with Gasteiger partial charge in [-0.2, -0.15) is 0 Å². The molecule has 0 aliphatic heterocycles. The van der Waals surface area contributed by atoms with Gasteiger partial charge >= 0.3 is 0 Å². The van der Waals surface area contributed by atoms with Crippen LogP contribution >= 0.6 is 0 Å². The lowest BCUT2D eigenvalue weighted by Gasteiger charge is -2.17. The Morgan fingerprint density at radius 1 is 1.47 bits per heavy atom. The molecular formula is C14H22N2O3. The van der Waals surface area contributed by atoms with Crippen LogP contribution in [-0.2, 0) is 0 Å². The van der Waals surface area contributed by atoms with E-state index in [1.807, 2.05) is 13.8 Å². The second kappa shape index (κ2) is 6.99. The number of carbonyl (C=O) groups excluding carboxylic acids is 1. The lowest BCUT2D eigenvalue weighted by Crippen LogP contribution is -2.35. The van der Waals surface area contributed by atoms with Crippen molar-refractivity contribution in [3.05, 3.63) is 23.8 Å². The van der Waals surface area contributed by atoms with Crippen molar-refractivity contribution in [1.29, 1.82) is 0 Å². The molecule has 0 aromatic heterocycles. The predicted molar refractivity (Wildman–Crippen MR) is 75.2 cm³/mol. The predicted octanol–water partition coefficient (Wildman–Crippen LogP) is 1.56. The number of nitrogens with one attached hydrogen (secondary N) is 1. The number of hydrogen-bond donors (Lipinski definition) is 3. The minimum absolute atomic E-state index is 0.137. The van der Waals surface area contributed by atoms with E-state index in [2.05, 4.69) is 5.32 Å². The number of amides is 1. The summed E-state index contributed by atoms with van der Waals surface area (Å²) in [5.41, 5.74) is 6.57. The van der Waals surface area contributed by atoms with Crippen LogP contribution in [0.25, 0.3) is 0 Å². The molecule has 5 nitrogen and oxygen atoms in total. The van der Waals surface area contributed by atoms with E-state index in [9.17, 15) is 9.90 Å². The monoisotopic (exact) mass is 266 g/mol. The fraction of sp³-hybridized carbons (Fsp3) is 0.500. The van der Waals surface area contributed by atoms with Gasteiger partial charge in [-0.3, -0.25) is 4.79 Å². The van der Waals surface area contributed by atoms with Crippen molar-refractivity contribution in [2.24, 2.45) is 0 Å². The van der Waals surface area contributed by atoms with Crippen LogP contribution in [0.15, 0.2) is 18.2 Å². The van der Waals surface area contributed by atoms with Gasteiger partial charge in [-0.15, -0.1) is 0 Å². The molecular weight excluding hydrogens is 244 g/mol. The summed E-state index contributed by atoms with van der Waals surface area (Å²) >= 11 is 0. The first-order valence-electron chi connectivity index (χ1n) is 6.45. The molecule has 1 rings (SSSR count). The lowest BCUT2D eigenvalue weighted by atomic mass is 10.1. The van der Waals surface area contributed by atoms with Gasteiger partial charge in [0, 0.05) is 11.7 Å². The molecule has 0 saturated carbocycles. The van der Waals surface area contributed by atoms with Gasteiger partial charge < -0.3 is 20.9 Å². The number of nitrogens with two attached hydrogens (primary N) is 1. The summed E-state index contributed by atoms with van der Waals surface area (Å²) in [7, 11) is 0. The van der Waals surface area contributed by atoms with Crippen molar-refractivity contribution in [1.82, 2.24) is 5.32 Å². The number of nitrogen functional groups attached to an aromatic ring is 1. The molecule has 1 aromatic carbocycles. The van der Waals surface area contributed by atoms with Crippen molar-refractivity contribution in [3.8, 4) is 5.75 Å². The van der Waals surface area contributed by atoms with Gasteiger partial charge in [0.1, 0.15) is 11.3 Å². The topological polar surface area (TPSA) is 84.6 Å². The minimum atomic E-state index is -0.463. The zero-order valence-electron chi connectivity index (χ0n) is 11.6. The summed E-state index contributed by atoms with van der Waals surface area (Å²) in [6.07, 6.45) is 0.0254. The third-order valence-electron chi connectivity index (χ3n) is 2.66. The Morgan fingerprint density at radius 3 is 2.74 bits per heavy atom. The highest BCUT2D eigenvalue weighted by molar-refractivity contribution is 6.02. The molecule has 0 aliphatic carbocycles. The largest absolute Gasteiger partial charge is 0.493 e. The van der Waals surface area contributed by atoms with Crippen LogP contribution in [0.3, 0.4) is 0 Å². The Morgan fingerprint density at radius 2 is 2.16 bits per heavy atom. The highest BCUT2D eigenvalue weighted by Gasteiger charge is 2.18. The second-order valence-corrected chi connectivity index (χ2v) is 4.61. The Bertz CT molecular complexity index is 433. The molecule has 5 heteroatoms. The highest BCUT2D eigenvalue weighted by Crippen LogP contribution is 2.24. The van der Waals surface area contributed by atoms with E-state index in [0.29, 0.717) is 30.0 Å². The van der Waals surface area contributed by atoms with Crippen LogP contribution in [0.5, 0.6) is 5.75 Å². The van der Waals surface area contributed by atoms with E-state index in [0.717, 1.165) is 0 Å². The highest BCUT2D eigenvalue weighted by atomic mass is 16.5. The zero-order chi connectivity index (χ0) is 14.4. The maximum Gasteiger partial charge on any atom is 0.257 e. The number of ether oxygens (including phenoxy) is 1. The van der Waals surface area contributed by atoms with E-state index in [4.69, 9.17) is 10.5 Å². The second-order valence-electron chi connectivity index (χ2n) is 4.61. The molecule has 0 spiro atoms. The summed E-state index contributed by atoms with van der Waals surface area (Å²) in [5.74, 6) is 0.193. The summed E-state index contributed by atoms with van der Waals surface area (Å²) in [6, 6.07) is 4.99. The number of anilines is 1. The number of aliphatic hydroxyl groups is 1. The number of hydrogen-bond acceptors (Lipinski definition) is 4. The van der Waals surface area contributed by atoms with Crippen LogP contribution in [0.4, 0.5) is 5.69 Å². The van der Waals surface area contributed by atoms with Gasteiger partial charge in [0.25, 0.3) is 5.91 Å². The van der Waals surface area contributed by atoms with Gasteiger partial charge in [-0.1, -0.05) is 6.07 Å². The molecule has 0 heterocycles. The Balaban J connectivity index is 2.86. The molecule has 2 unspecified atom stereocenters. The van der Waals surface area contributed by atoms with Gasteiger partial charge in [0.2, 0.25) is 0 Å². The molecule has 0 aliphatic rings. The van der Waals surface area contributed by atoms with Crippen molar-refractivity contribution >= 4 is 11.6 Å². The van der Waals surface area contributed by atoms with Crippen LogP contribution < -0.4 is 15.8 Å². The first kappa shape index (κ1) is 15.3. The van der Waals surface area contributed by atoms with E-state index >= 15 is 0 Å². The minimum Gasteiger partial charge on any atom is -0.493 e. The van der Waals surface area contributed by atoms with E-state index in [1.54, 1.807) is 25.1 Å². The quantitative estimate of drug-likeness (QED) is 0.682. The summed E-state index contributed by atoms with van der Waals surface area (Å²) in [5, 5.41) is 12.1. The third-order valence-corrected chi connectivity index (χ3v) is 2.66. The average Bonchev–Trinajstić information content (AvgIpc) is 2.27. The van der Waals surface area contributed by atoms with Crippen molar-refractivity contribution < 1.29 is 14.6 Å². The third kappa shape index (κ3) is 4.44. The number of rotatable bonds is 6. The van der Waals surface area contributed by atoms with Crippen molar-refractivity contribution in [3.63, 3.8) is 0 Å². The van der Waals surface area contributed by atoms with Crippen LogP contribution in [0.1, 0.15) is 37.6 Å². The number of aliphatic hydroxyl groups excluding tert-OH is 1. The fourth-order valence-electron chi connectivity index (χ4n) is 1.93. The van der Waals surface area contributed by atoms with E-state index < -0.39 is 6.10 Å². The molecule has 1 aromatic rings. The molecule has 1 amide bonds. The van der Waals surface area contributed by atoms with Crippen LogP contribution in [-0.4, -0.2) is 29.8 Å². The van der Waals surface area contributed by atoms with Crippen molar-refractivity contribution in [2.45, 2.75) is 39.3 Å². The average molecular weight is 266 g/mol. The smallest absolute Gasteiger partial charge is 0.257 e. The number of carbonyl (C=O) groups is 1. The molecule has 4 N–H and O–H groups in total. The molecule has 0 saturated heterocycles. The van der Waals surface area contributed by atoms with Gasteiger partial charge in [0.15, 0.2) is 0 Å².